The summed E-state index contributed by atoms with van der Waals surface area (Å²) in [4.78, 5) is 22.6. The van der Waals surface area contributed by atoms with Gasteiger partial charge >= 0.3 is 0 Å². The zero-order valence-corrected chi connectivity index (χ0v) is 10.8. The second-order valence-electron chi connectivity index (χ2n) is 4.01. The number of hydrogen-bond donors (Lipinski definition) is 1. The van der Waals surface area contributed by atoms with Gasteiger partial charge in [-0.1, -0.05) is 12.1 Å². The summed E-state index contributed by atoms with van der Waals surface area (Å²) in [6, 6.07) is 5.77. The fraction of sp³-hybridized carbons (Fsp3) is 0.273. The van der Waals surface area contributed by atoms with Crippen LogP contribution in [0.5, 0.6) is 0 Å². The Balaban J connectivity index is 2.25. The third-order valence-electron chi connectivity index (χ3n) is 2.80. The Labute approximate surface area is 109 Å². The summed E-state index contributed by atoms with van der Waals surface area (Å²) >= 11 is 0. The molecule has 5 nitrogen and oxygen atoms in total. The molecule has 1 aliphatic heterocycles. The minimum absolute atomic E-state index is 0.0137. The zero-order chi connectivity index (χ0) is 13.3. The van der Waals surface area contributed by atoms with Gasteiger partial charge in [0.15, 0.2) is 0 Å². The normalized spacial score (nSPS) is 20.6. The van der Waals surface area contributed by atoms with Crippen molar-refractivity contribution >= 4 is 31.5 Å². The molecule has 1 aromatic rings. The Morgan fingerprint density at radius 3 is 2.28 bits per heavy atom. The Kier molecular flexibility index (Phi) is 3.41. The second-order valence-corrected chi connectivity index (χ2v) is 6.58. The number of imide groups is 1. The molecule has 1 unspecified atom stereocenters. The van der Waals surface area contributed by atoms with Crippen molar-refractivity contribution in [3.05, 3.63) is 29.8 Å². The molecular formula is C11H10ClNO4S. The van der Waals surface area contributed by atoms with Crippen LogP contribution in [0.15, 0.2) is 29.2 Å². The summed E-state index contributed by atoms with van der Waals surface area (Å²) in [5, 5.41) is 2.25. The number of benzene rings is 1. The fourth-order valence-corrected chi connectivity index (χ4v) is 2.64. The Bertz CT molecular complexity index is 594. The van der Waals surface area contributed by atoms with Crippen LogP contribution >= 0.6 is 10.7 Å². The summed E-state index contributed by atoms with van der Waals surface area (Å²) in [6.45, 7) is 0. The van der Waals surface area contributed by atoms with Gasteiger partial charge in [0, 0.05) is 17.1 Å². The smallest absolute Gasteiger partial charge is 0.261 e. The number of halogens is 1. The molecule has 1 saturated heterocycles. The van der Waals surface area contributed by atoms with Crippen molar-refractivity contribution in [1.29, 1.82) is 0 Å². The molecule has 2 rings (SSSR count). The van der Waals surface area contributed by atoms with Crippen LogP contribution in [0.4, 0.5) is 0 Å². The second kappa shape index (κ2) is 4.70. The number of amides is 2. The van der Waals surface area contributed by atoms with Crippen molar-refractivity contribution in [3.63, 3.8) is 0 Å². The molecule has 96 valence electrons. The summed E-state index contributed by atoms with van der Waals surface area (Å²) in [6.07, 6.45) is 0.712. The maximum absolute atomic E-state index is 11.6. The summed E-state index contributed by atoms with van der Waals surface area (Å²) in [5.74, 6) is -1.06. The molecule has 0 radical (unpaired) electrons. The molecule has 1 atom stereocenters. The van der Waals surface area contributed by atoms with Gasteiger partial charge in [0.05, 0.1) is 10.8 Å². The van der Waals surface area contributed by atoms with E-state index >= 15 is 0 Å². The van der Waals surface area contributed by atoms with E-state index in [9.17, 15) is 18.0 Å². The molecular weight excluding hydrogens is 278 g/mol. The van der Waals surface area contributed by atoms with Gasteiger partial charge in [0.1, 0.15) is 0 Å². The first-order valence-corrected chi connectivity index (χ1v) is 7.57. The summed E-state index contributed by atoms with van der Waals surface area (Å²) < 4.78 is 22.1. The van der Waals surface area contributed by atoms with Crippen LogP contribution < -0.4 is 5.32 Å². The lowest BCUT2D eigenvalue weighted by Crippen LogP contribution is -2.39. The fourth-order valence-electron chi connectivity index (χ4n) is 1.87. The highest BCUT2D eigenvalue weighted by molar-refractivity contribution is 8.13. The zero-order valence-electron chi connectivity index (χ0n) is 9.22. The third kappa shape index (κ3) is 2.70. The molecule has 1 heterocycles. The lowest BCUT2D eigenvalue weighted by atomic mass is 9.91. The third-order valence-corrected chi connectivity index (χ3v) is 4.17. The Hall–Kier alpha value is -1.40. The van der Waals surface area contributed by atoms with E-state index < -0.39 is 15.0 Å². The van der Waals surface area contributed by atoms with Crippen LogP contribution in [0.1, 0.15) is 24.3 Å². The van der Waals surface area contributed by atoms with Gasteiger partial charge in [0.2, 0.25) is 11.8 Å². The van der Waals surface area contributed by atoms with Gasteiger partial charge in [0.25, 0.3) is 9.05 Å². The molecule has 1 aliphatic rings. The SMILES string of the molecule is O=C1CCC(c2ccc(S(=O)(=O)Cl)cc2)C(=O)N1. The van der Waals surface area contributed by atoms with Crippen LogP contribution in [-0.4, -0.2) is 20.2 Å². The van der Waals surface area contributed by atoms with Crippen molar-refractivity contribution < 1.29 is 18.0 Å². The van der Waals surface area contributed by atoms with Gasteiger partial charge in [-0.15, -0.1) is 0 Å². The van der Waals surface area contributed by atoms with E-state index in [-0.39, 0.29) is 23.1 Å². The molecule has 0 bridgehead atoms. The Morgan fingerprint density at radius 2 is 1.78 bits per heavy atom. The van der Waals surface area contributed by atoms with Gasteiger partial charge in [-0.3, -0.25) is 14.9 Å². The average molecular weight is 288 g/mol. The van der Waals surface area contributed by atoms with E-state index in [0.717, 1.165) is 0 Å². The molecule has 2 amide bonds. The van der Waals surface area contributed by atoms with Crippen LogP contribution in [-0.2, 0) is 18.6 Å². The monoisotopic (exact) mass is 287 g/mol. The highest BCUT2D eigenvalue weighted by Gasteiger charge is 2.27. The predicted molar refractivity (Wildman–Crippen MR) is 64.6 cm³/mol. The molecule has 1 aromatic carbocycles. The van der Waals surface area contributed by atoms with E-state index in [4.69, 9.17) is 10.7 Å². The van der Waals surface area contributed by atoms with E-state index in [1.165, 1.54) is 24.3 Å². The molecule has 18 heavy (non-hydrogen) atoms. The van der Waals surface area contributed by atoms with Crippen molar-refractivity contribution in [2.45, 2.75) is 23.7 Å². The summed E-state index contributed by atoms with van der Waals surface area (Å²) in [5.41, 5.74) is 0.670. The van der Waals surface area contributed by atoms with Gasteiger partial charge < -0.3 is 0 Å². The number of piperidine rings is 1. The molecule has 0 aromatic heterocycles. The first kappa shape index (κ1) is 13.0. The highest BCUT2D eigenvalue weighted by atomic mass is 35.7. The molecule has 0 saturated carbocycles. The number of carbonyl (C=O) groups excluding carboxylic acids is 2. The lowest BCUT2D eigenvalue weighted by Gasteiger charge is -2.21. The van der Waals surface area contributed by atoms with Crippen molar-refractivity contribution in [2.24, 2.45) is 0 Å². The maximum Gasteiger partial charge on any atom is 0.261 e. The highest BCUT2D eigenvalue weighted by Crippen LogP contribution is 2.26. The predicted octanol–water partition coefficient (Wildman–Crippen LogP) is 1.13. The molecule has 7 heteroatoms. The number of rotatable bonds is 2. The quantitative estimate of drug-likeness (QED) is 0.653. The molecule has 1 N–H and O–H groups in total. The van der Waals surface area contributed by atoms with E-state index in [2.05, 4.69) is 5.32 Å². The molecule has 0 aliphatic carbocycles. The minimum Gasteiger partial charge on any atom is -0.296 e. The molecule has 1 fully saturated rings. The Morgan fingerprint density at radius 1 is 1.17 bits per heavy atom. The van der Waals surface area contributed by atoms with Crippen LogP contribution in [0.25, 0.3) is 0 Å². The van der Waals surface area contributed by atoms with Crippen molar-refractivity contribution in [2.75, 3.05) is 0 Å². The van der Waals surface area contributed by atoms with Gasteiger partial charge in [-0.25, -0.2) is 8.42 Å². The first-order chi connectivity index (χ1) is 8.38. The van der Waals surface area contributed by atoms with Crippen LogP contribution in [0, 0.1) is 0 Å². The van der Waals surface area contributed by atoms with E-state index in [0.29, 0.717) is 12.0 Å². The average Bonchev–Trinajstić information content (AvgIpc) is 2.28. The molecule has 0 spiro atoms. The minimum atomic E-state index is -3.76. The topological polar surface area (TPSA) is 80.3 Å². The number of hydrogen-bond acceptors (Lipinski definition) is 4. The summed E-state index contributed by atoms with van der Waals surface area (Å²) in [7, 11) is 1.44. The van der Waals surface area contributed by atoms with Gasteiger partial charge in [-0.2, -0.15) is 0 Å². The van der Waals surface area contributed by atoms with Crippen LogP contribution in [0.3, 0.4) is 0 Å². The number of nitrogens with one attached hydrogen (secondary N) is 1. The standard InChI is InChI=1S/C11H10ClNO4S/c12-18(16,17)8-3-1-7(2-4-8)9-5-6-10(14)13-11(9)15/h1-4,9H,5-6H2,(H,13,14,15). The van der Waals surface area contributed by atoms with E-state index in [1.54, 1.807) is 0 Å². The lowest BCUT2D eigenvalue weighted by molar-refractivity contribution is -0.134. The largest absolute Gasteiger partial charge is 0.296 e. The number of carbonyl (C=O) groups is 2. The van der Waals surface area contributed by atoms with E-state index in [1.807, 2.05) is 0 Å². The van der Waals surface area contributed by atoms with Crippen molar-refractivity contribution in [1.82, 2.24) is 5.32 Å². The first-order valence-electron chi connectivity index (χ1n) is 5.26. The van der Waals surface area contributed by atoms with Crippen molar-refractivity contribution in [3.8, 4) is 0 Å². The van der Waals surface area contributed by atoms with Gasteiger partial charge in [-0.05, 0) is 24.1 Å². The van der Waals surface area contributed by atoms with Crippen LogP contribution in [0.2, 0.25) is 0 Å². The maximum atomic E-state index is 11.6.